The van der Waals surface area contributed by atoms with Crippen molar-refractivity contribution in [3.63, 3.8) is 0 Å². The lowest BCUT2D eigenvalue weighted by Crippen LogP contribution is -2.24. The molecule has 1 aliphatic rings. The molecule has 0 radical (unpaired) electrons. The molecule has 2 atom stereocenters. The van der Waals surface area contributed by atoms with Crippen molar-refractivity contribution in [1.29, 1.82) is 0 Å². The van der Waals surface area contributed by atoms with Gasteiger partial charge in [-0.25, -0.2) is 0 Å². The van der Waals surface area contributed by atoms with E-state index >= 15 is 0 Å². The van der Waals surface area contributed by atoms with Crippen molar-refractivity contribution < 1.29 is 5.11 Å². The van der Waals surface area contributed by atoms with Gasteiger partial charge in [0.15, 0.2) is 0 Å². The summed E-state index contributed by atoms with van der Waals surface area (Å²) in [6, 6.07) is 8.57. The highest BCUT2D eigenvalue weighted by Crippen LogP contribution is 2.48. The van der Waals surface area contributed by atoms with Crippen LogP contribution in [0.2, 0.25) is 0 Å². The molecular formula is C18H28O. The minimum absolute atomic E-state index is 0.271. The molecule has 0 aliphatic heterocycles. The van der Waals surface area contributed by atoms with Gasteiger partial charge in [0.25, 0.3) is 0 Å². The lowest BCUT2D eigenvalue weighted by atomic mass is 9.76. The van der Waals surface area contributed by atoms with Crippen LogP contribution in [0.5, 0.6) is 0 Å². The SMILES string of the molecule is CC(C)Cc1cccc(C(O)C2CCCC2(C)C)c1. The van der Waals surface area contributed by atoms with Crippen molar-refractivity contribution in [2.24, 2.45) is 17.3 Å². The average Bonchev–Trinajstić information content (AvgIpc) is 2.67. The van der Waals surface area contributed by atoms with Crippen LogP contribution in [0.15, 0.2) is 24.3 Å². The molecule has 1 N–H and O–H groups in total. The molecular weight excluding hydrogens is 232 g/mol. The van der Waals surface area contributed by atoms with Crippen molar-refractivity contribution in [2.45, 2.75) is 59.5 Å². The number of hydrogen-bond acceptors (Lipinski definition) is 1. The van der Waals surface area contributed by atoms with E-state index < -0.39 is 0 Å². The number of benzene rings is 1. The molecule has 19 heavy (non-hydrogen) atoms. The van der Waals surface area contributed by atoms with Crippen LogP contribution in [0.25, 0.3) is 0 Å². The quantitative estimate of drug-likeness (QED) is 0.828. The van der Waals surface area contributed by atoms with Crippen molar-refractivity contribution in [2.75, 3.05) is 0 Å². The molecule has 2 unspecified atom stereocenters. The Balaban J connectivity index is 2.17. The zero-order valence-corrected chi connectivity index (χ0v) is 12.8. The molecule has 1 aromatic carbocycles. The van der Waals surface area contributed by atoms with E-state index in [1.54, 1.807) is 0 Å². The van der Waals surface area contributed by atoms with Gasteiger partial charge in [0.1, 0.15) is 0 Å². The predicted octanol–water partition coefficient (Wildman–Crippen LogP) is 4.74. The van der Waals surface area contributed by atoms with Crippen LogP contribution in [-0.2, 0) is 6.42 Å². The van der Waals surface area contributed by atoms with E-state index in [1.807, 2.05) is 0 Å². The fourth-order valence-electron chi connectivity index (χ4n) is 3.55. The third-order valence-corrected chi connectivity index (χ3v) is 4.66. The Morgan fingerprint density at radius 2 is 2.05 bits per heavy atom. The van der Waals surface area contributed by atoms with Gasteiger partial charge in [-0.15, -0.1) is 0 Å². The maximum atomic E-state index is 10.7. The Kier molecular flexibility index (Phi) is 4.35. The molecule has 1 heteroatoms. The molecule has 1 fully saturated rings. The first-order chi connectivity index (χ1) is 8.90. The first kappa shape index (κ1) is 14.6. The summed E-state index contributed by atoms with van der Waals surface area (Å²) in [6.07, 6.45) is 4.43. The number of aliphatic hydroxyl groups is 1. The molecule has 1 nitrogen and oxygen atoms in total. The lowest BCUT2D eigenvalue weighted by molar-refractivity contribution is 0.0531. The molecule has 0 aromatic heterocycles. The van der Waals surface area contributed by atoms with Gasteiger partial charge in [-0.1, -0.05) is 58.4 Å². The highest BCUT2D eigenvalue weighted by Gasteiger charge is 2.39. The Hall–Kier alpha value is -0.820. The van der Waals surface area contributed by atoms with Gasteiger partial charge in [-0.3, -0.25) is 0 Å². The summed E-state index contributed by atoms with van der Waals surface area (Å²) < 4.78 is 0. The Morgan fingerprint density at radius 3 is 2.63 bits per heavy atom. The van der Waals surface area contributed by atoms with Crippen molar-refractivity contribution in [1.82, 2.24) is 0 Å². The molecule has 106 valence electrons. The minimum atomic E-state index is -0.301. The smallest absolute Gasteiger partial charge is 0.0823 e. The molecule has 2 rings (SSSR count). The van der Waals surface area contributed by atoms with Crippen LogP contribution in [0, 0.1) is 17.3 Å². The van der Waals surface area contributed by atoms with E-state index in [1.165, 1.54) is 18.4 Å². The highest BCUT2D eigenvalue weighted by atomic mass is 16.3. The number of aliphatic hydroxyl groups excluding tert-OH is 1. The third kappa shape index (κ3) is 3.39. The zero-order chi connectivity index (χ0) is 14.0. The predicted molar refractivity (Wildman–Crippen MR) is 81.1 cm³/mol. The molecule has 0 saturated heterocycles. The van der Waals surface area contributed by atoms with Crippen LogP contribution in [0.1, 0.15) is 64.2 Å². The second kappa shape index (κ2) is 5.66. The van der Waals surface area contributed by atoms with Gasteiger partial charge in [0.2, 0.25) is 0 Å². The number of rotatable bonds is 4. The molecule has 0 heterocycles. The molecule has 0 spiro atoms. The largest absolute Gasteiger partial charge is 0.388 e. The molecule has 1 aromatic rings. The maximum absolute atomic E-state index is 10.7. The summed E-state index contributed by atoms with van der Waals surface area (Å²) >= 11 is 0. The average molecular weight is 260 g/mol. The first-order valence-electron chi connectivity index (χ1n) is 7.67. The number of hydrogen-bond donors (Lipinski definition) is 1. The van der Waals surface area contributed by atoms with Crippen molar-refractivity contribution >= 4 is 0 Å². The second-order valence-electron chi connectivity index (χ2n) is 7.28. The van der Waals surface area contributed by atoms with Gasteiger partial charge < -0.3 is 5.11 Å². The van der Waals surface area contributed by atoms with Gasteiger partial charge in [-0.05, 0) is 47.6 Å². The summed E-state index contributed by atoms with van der Waals surface area (Å²) in [5.41, 5.74) is 2.73. The standard InChI is InChI=1S/C18H28O/c1-13(2)11-14-7-5-8-15(12-14)17(19)16-9-6-10-18(16,3)4/h5,7-8,12-13,16-17,19H,6,9-11H2,1-4H3. The van der Waals surface area contributed by atoms with E-state index in [2.05, 4.69) is 52.0 Å². The minimum Gasteiger partial charge on any atom is -0.388 e. The first-order valence-corrected chi connectivity index (χ1v) is 7.67. The molecule has 1 saturated carbocycles. The van der Waals surface area contributed by atoms with E-state index in [-0.39, 0.29) is 11.5 Å². The van der Waals surface area contributed by atoms with Crippen molar-refractivity contribution in [3.05, 3.63) is 35.4 Å². The summed E-state index contributed by atoms with van der Waals surface area (Å²) in [5.74, 6) is 1.07. The van der Waals surface area contributed by atoms with E-state index in [4.69, 9.17) is 0 Å². The van der Waals surface area contributed by atoms with Gasteiger partial charge in [0, 0.05) is 0 Å². The van der Waals surface area contributed by atoms with Crippen LogP contribution in [-0.4, -0.2) is 5.11 Å². The van der Waals surface area contributed by atoms with E-state index in [0.717, 1.165) is 18.4 Å². The van der Waals surface area contributed by atoms with Crippen LogP contribution in [0.3, 0.4) is 0 Å². The van der Waals surface area contributed by atoms with Gasteiger partial charge in [0.05, 0.1) is 6.10 Å². The Bertz CT molecular complexity index is 419. The fourth-order valence-corrected chi connectivity index (χ4v) is 3.55. The molecule has 0 amide bonds. The molecule has 0 bridgehead atoms. The Labute approximate surface area is 118 Å². The summed E-state index contributed by atoms with van der Waals surface area (Å²) in [6.45, 7) is 9.07. The third-order valence-electron chi connectivity index (χ3n) is 4.66. The van der Waals surface area contributed by atoms with Gasteiger partial charge >= 0.3 is 0 Å². The summed E-state index contributed by atoms with van der Waals surface area (Å²) in [4.78, 5) is 0. The van der Waals surface area contributed by atoms with Crippen LogP contribution >= 0.6 is 0 Å². The van der Waals surface area contributed by atoms with Gasteiger partial charge in [-0.2, -0.15) is 0 Å². The zero-order valence-electron chi connectivity index (χ0n) is 12.8. The Morgan fingerprint density at radius 1 is 1.32 bits per heavy atom. The van der Waals surface area contributed by atoms with E-state index in [9.17, 15) is 5.11 Å². The van der Waals surface area contributed by atoms with Crippen molar-refractivity contribution in [3.8, 4) is 0 Å². The van der Waals surface area contributed by atoms with Crippen LogP contribution in [0.4, 0.5) is 0 Å². The van der Waals surface area contributed by atoms with E-state index in [0.29, 0.717) is 11.8 Å². The molecule has 1 aliphatic carbocycles. The second-order valence-corrected chi connectivity index (χ2v) is 7.28. The lowest BCUT2D eigenvalue weighted by Gasteiger charge is -2.31. The highest BCUT2D eigenvalue weighted by molar-refractivity contribution is 5.26. The fraction of sp³-hybridized carbons (Fsp3) is 0.667. The monoisotopic (exact) mass is 260 g/mol. The topological polar surface area (TPSA) is 20.2 Å². The summed E-state index contributed by atoms with van der Waals surface area (Å²) in [7, 11) is 0. The normalized spacial score (nSPS) is 23.8. The van der Waals surface area contributed by atoms with Crippen LogP contribution < -0.4 is 0 Å². The maximum Gasteiger partial charge on any atom is 0.0823 e. The summed E-state index contributed by atoms with van der Waals surface area (Å²) in [5, 5.41) is 10.7.